The molecule has 1 heterocycles. The lowest BCUT2D eigenvalue weighted by molar-refractivity contribution is 0.471. The number of hydrogen-bond donors (Lipinski definition) is 2. The van der Waals surface area contributed by atoms with Gasteiger partial charge in [-0.25, -0.2) is 4.99 Å². The lowest BCUT2D eigenvalue weighted by atomic mass is 9.98. The van der Waals surface area contributed by atoms with Gasteiger partial charge in [-0.05, 0) is 59.7 Å². The third-order valence-corrected chi connectivity index (χ3v) is 6.22. The first-order valence-electron chi connectivity index (χ1n) is 11.1. The Kier molecular flexibility index (Phi) is 8.88. The third-order valence-electron chi connectivity index (χ3n) is 5.13. The summed E-state index contributed by atoms with van der Waals surface area (Å²) in [4.78, 5) is 9.16. The molecule has 0 spiro atoms. The molecule has 3 aromatic carbocycles. The van der Waals surface area contributed by atoms with Crippen LogP contribution in [0.25, 0.3) is 22.4 Å². The first-order valence-corrected chi connectivity index (χ1v) is 12.5. The minimum Gasteiger partial charge on any atom is -0.408 e. The Morgan fingerprint density at radius 2 is 1.73 bits per heavy atom. The second kappa shape index (κ2) is 12.5. The molecule has 0 saturated carbocycles. The zero-order valence-electron chi connectivity index (χ0n) is 19.7. The Hall–Kier alpha value is -3.74. The quantitative estimate of drug-likeness (QED) is 0.0853. The van der Waals surface area contributed by atoms with Crippen LogP contribution in [0.1, 0.15) is 11.1 Å². The van der Waals surface area contributed by atoms with E-state index in [-0.39, 0.29) is 5.96 Å². The van der Waals surface area contributed by atoms with Crippen LogP contribution in [-0.4, -0.2) is 22.4 Å². The number of pyridine rings is 1. The summed E-state index contributed by atoms with van der Waals surface area (Å²) >= 11 is 13.2. The van der Waals surface area contributed by atoms with Crippen LogP contribution in [0.2, 0.25) is 10.0 Å². The van der Waals surface area contributed by atoms with E-state index in [0.717, 1.165) is 40.2 Å². The van der Waals surface area contributed by atoms with Gasteiger partial charge in [0, 0.05) is 34.4 Å². The van der Waals surface area contributed by atoms with E-state index in [0.29, 0.717) is 27.9 Å². The molecule has 1 aromatic heterocycles. The second-order valence-electron chi connectivity index (χ2n) is 7.86. The van der Waals surface area contributed by atoms with E-state index in [9.17, 15) is 0 Å². The Morgan fingerprint density at radius 3 is 2.41 bits per heavy atom. The molecule has 7 nitrogen and oxygen atoms in total. The summed E-state index contributed by atoms with van der Waals surface area (Å²) in [6.07, 6.45) is 1.78. The SMILES string of the molecule is CN(NC(N)=NCc1cnc(-c2ccc(Cl)cc2)c(-c2ccc(Cl)cc2)c1)SOc1cccc(C#N)c1. The number of benzene rings is 3. The molecule has 37 heavy (non-hydrogen) atoms. The Labute approximate surface area is 229 Å². The molecule has 0 saturated heterocycles. The average molecular weight is 549 g/mol. The zero-order valence-corrected chi connectivity index (χ0v) is 22.1. The monoisotopic (exact) mass is 548 g/mol. The molecule has 0 aliphatic heterocycles. The van der Waals surface area contributed by atoms with Gasteiger partial charge in [-0.3, -0.25) is 10.4 Å². The molecular formula is C27H22Cl2N6OS. The van der Waals surface area contributed by atoms with Gasteiger partial charge in [-0.1, -0.05) is 53.5 Å². The van der Waals surface area contributed by atoms with Crippen LogP contribution in [0.3, 0.4) is 0 Å². The molecule has 4 aromatic rings. The smallest absolute Gasteiger partial charge is 0.204 e. The predicted molar refractivity (Wildman–Crippen MR) is 151 cm³/mol. The standard InChI is InChI=1S/C27H22Cl2N6OS/c1-35(37-36-24-4-2-3-18(13-24)15-30)34-27(31)33-17-19-14-25(20-5-9-22(28)10-6-20)26(32-16-19)21-7-11-23(29)12-8-21/h2-14,16H,17H2,1H3,(H3,31,33,34). The van der Waals surface area contributed by atoms with Crippen molar-refractivity contribution in [2.75, 3.05) is 7.05 Å². The Morgan fingerprint density at radius 1 is 1.05 bits per heavy atom. The van der Waals surface area contributed by atoms with E-state index in [1.807, 2.05) is 54.6 Å². The molecule has 10 heteroatoms. The number of hydrogen-bond acceptors (Lipinski definition) is 6. The highest BCUT2D eigenvalue weighted by Gasteiger charge is 2.11. The van der Waals surface area contributed by atoms with Gasteiger partial charge in [0.1, 0.15) is 5.75 Å². The summed E-state index contributed by atoms with van der Waals surface area (Å²) in [6, 6.07) is 26.2. The van der Waals surface area contributed by atoms with E-state index in [1.165, 1.54) is 0 Å². The van der Waals surface area contributed by atoms with Crippen molar-refractivity contribution in [1.82, 2.24) is 14.8 Å². The number of hydrazine groups is 1. The largest absolute Gasteiger partial charge is 0.408 e. The molecule has 0 aliphatic carbocycles. The number of guanidine groups is 1. The fourth-order valence-corrected chi connectivity index (χ4v) is 4.07. The second-order valence-corrected chi connectivity index (χ2v) is 9.60. The first-order chi connectivity index (χ1) is 17.9. The fraction of sp³-hybridized carbons (Fsp3) is 0.0741. The summed E-state index contributed by atoms with van der Waals surface area (Å²) in [7, 11) is 1.74. The van der Waals surface area contributed by atoms with Gasteiger partial charge in [0.25, 0.3) is 0 Å². The molecule has 186 valence electrons. The van der Waals surface area contributed by atoms with Gasteiger partial charge < -0.3 is 9.92 Å². The zero-order chi connectivity index (χ0) is 26.2. The number of aromatic nitrogens is 1. The summed E-state index contributed by atoms with van der Waals surface area (Å²) in [5.74, 6) is 0.758. The molecule has 0 unspecified atom stereocenters. The minimum atomic E-state index is 0.208. The summed E-state index contributed by atoms with van der Waals surface area (Å²) in [5, 5.41) is 10.3. The predicted octanol–water partition coefficient (Wildman–Crippen LogP) is 6.49. The molecular weight excluding hydrogens is 527 g/mol. The van der Waals surface area contributed by atoms with Crippen molar-refractivity contribution in [3.05, 3.63) is 106 Å². The molecule has 0 atom stereocenters. The number of nitrogens with one attached hydrogen (secondary N) is 1. The highest BCUT2D eigenvalue weighted by atomic mass is 35.5. The summed E-state index contributed by atoms with van der Waals surface area (Å²) in [6.45, 7) is 0.316. The van der Waals surface area contributed by atoms with Crippen molar-refractivity contribution >= 4 is 41.4 Å². The minimum absolute atomic E-state index is 0.208. The number of rotatable bonds is 8. The highest BCUT2D eigenvalue weighted by Crippen LogP contribution is 2.32. The van der Waals surface area contributed by atoms with E-state index in [2.05, 4.69) is 16.5 Å². The van der Waals surface area contributed by atoms with E-state index in [1.54, 1.807) is 41.9 Å². The van der Waals surface area contributed by atoms with Gasteiger partial charge in [0.05, 0.1) is 23.9 Å². The number of aliphatic imine (C=N–C) groups is 1. The van der Waals surface area contributed by atoms with Gasteiger partial charge in [-0.2, -0.15) is 5.26 Å². The molecule has 0 bridgehead atoms. The first kappa shape index (κ1) is 26.3. The van der Waals surface area contributed by atoms with Crippen molar-refractivity contribution in [3.8, 4) is 34.2 Å². The van der Waals surface area contributed by atoms with Crippen LogP contribution in [0, 0.1) is 11.3 Å². The maximum atomic E-state index is 9.01. The number of nitrogens with zero attached hydrogens (tertiary/aromatic N) is 4. The molecule has 0 amide bonds. The van der Waals surface area contributed by atoms with Crippen molar-refractivity contribution in [2.45, 2.75) is 6.54 Å². The topological polar surface area (TPSA) is 99.6 Å². The highest BCUT2D eigenvalue weighted by molar-refractivity contribution is 7.92. The van der Waals surface area contributed by atoms with Crippen molar-refractivity contribution in [1.29, 1.82) is 5.26 Å². The van der Waals surface area contributed by atoms with Gasteiger partial charge in [0.15, 0.2) is 12.2 Å². The average Bonchev–Trinajstić information content (AvgIpc) is 2.92. The van der Waals surface area contributed by atoms with Gasteiger partial charge in [0.2, 0.25) is 5.96 Å². The Balaban J connectivity index is 1.47. The van der Waals surface area contributed by atoms with Crippen molar-refractivity contribution < 1.29 is 4.18 Å². The lowest BCUT2D eigenvalue weighted by Gasteiger charge is -2.16. The van der Waals surface area contributed by atoms with Gasteiger partial charge in [-0.15, -0.1) is 4.41 Å². The Bertz CT molecular complexity index is 1440. The third kappa shape index (κ3) is 7.38. The maximum Gasteiger partial charge on any atom is 0.204 e. The van der Waals surface area contributed by atoms with Gasteiger partial charge >= 0.3 is 0 Å². The van der Waals surface area contributed by atoms with Crippen LogP contribution in [-0.2, 0) is 6.54 Å². The summed E-state index contributed by atoms with van der Waals surface area (Å²) in [5.41, 5.74) is 14.1. The number of nitrogens with two attached hydrogens (primary N) is 1. The van der Waals surface area contributed by atoms with Crippen LogP contribution >= 0.6 is 35.4 Å². The van der Waals surface area contributed by atoms with Crippen LogP contribution in [0.5, 0.6) is 5.75 Å². The normalized spacial score (nSPS) is 11.3. The molecule has 0 fully saturated rings. The molecule has 3 N–H and O–H groups in total. The van der Waals surface area contributed by atoms with E-state index in [4.69, 9.17) is 43.4 Å². The van der Waals surface area contributed by atoms with E-state index >= 15 is 0 Å². The fourth-order valence-electron chi connectivity index (χ4n) is 3.39. The summed E-state index contributed by atoms with van der Waals surface area (Å²) < 4.78 is 7.17. The van der Waals surface area contributed by atoms with Crippen molar-refractivity contribution in [2.24, 2.45) is 10.7 Å². The van der Waals surface area contributed by atoms with E-state index < -0.39 is 0 Å². The van der Waals surface area contributed by atoms with Crippen LogP contribution < -0.4 is 15.3 Å². The van der Waals surface area contributed by atoms with Crippen molar-refractivity contribution in [3.63, 3.8) is 0 Å². The number of nitriles is 1. The van der Waals surface area contributed by atoms with Crippen LogP contribution in [0.15, 0.2) is 90.1 Å². The number of halogens is 2. The maximum absolute atomic E-state index is 9.01. The van der Waals surface area contributed by atoms with Crippen LogP contribution in [0.4, 0.5) is 0 Å². The molecule has 4 rings (SSSR count). The molecule has 0 radical (unpaired) electrons. The molecule has 0 aliphatic rings. The lowest BCUT2D eigenvalue weighted by Crippen LogP contribution is -2.40.